The van der Waals surface area contributed by atoms with Crippen LogP contribution in [0, 0.1) is 5.92 Å². The van der Waals surface area contributed by atoms with Crippen LogP contribution in [0.15, 0.2) is 42.5 Å². The van der Waals surface area contributed by atoms with Crippen molar-refractivity contribution < 1.29 is 17.2 Å². The van der Waals surface area contributed by atoms with E-state index >= 15 is 0 Å². The van der Waals surface area contributed by atoms with Gasteiger partial charge in [-0.2, -0.15) is 0 Å². The first-order valence-corrected chi connectivity index (χ1v) is 7.61. The molecule has 3 nitrogen and oxygen atoms in total. The molecule has 0 saturated heterocycles. The Morgan fingerprint density at radius 1 is 1.45 bits per heavy atom. The van der Waals surface area contributed by atoms with Crippen LogP contribution in [0.1, 0.15) is 45.0 Å². The highest BCUT2D eigenvalue weighted by Crippen LogP contribution is 2.36. The second-order valence-electron chi connectivity index (χ2n) is 5.59. The quantitative estimate of drug-likeness (QED) is 0.580. The molecular weight excluding hydrogens is 276 g/mol. The third-order valence-electron chi connectivity index (χ3n) is 4.04. The number of ether oxygens (including phenoxy) is 1. The molecule has 0 aromatic heterocycles. The SMILES string of the molecule is C=C1CC(=O)C=C(c2cccc(C(=O)CC)c2)C1CCOC.[HH].[HH]. The Bertz CT molecular complexity index is 635. The van der Waals surface area contributed by atoms with E-state index in [4.69, 9.17) is 4.74 Å². The van der Waals surface area contributed by atoms with Gasteiger partial charge in [0.15, 0.2) is 11.6 Å². The van der Waals surface area contributed by atoms with Crippen LogP contribution in [0.4, 0.5) is 0 Å². The summed E-state index contributed by atoms with van der Waals surface area (Å²) < 4.78 is 5.18. The van der Waals surface area contributed by atoms with E-state index in [2.05, 4.69) is 6.58 Å². The van der Waals surface area contributed by atoms with Crippen molar-refractivity contribution in [2.75, 3.05) is 13.7 Å². The predicted molar refractivity (Wildman–Crippen MR) is 92.0 cm³/mol. The maximum Gasteiger partial charge on any atom is 0.162 e. The van der Waals surface area contributed by atoms with Crippen molar-refractivity contribution in [3.8, 4) is 0 Å². The zero-order valence-corrected chi connectivity index (χ0v) is 13.2. The second kappa shape index (κ2) is 7.32. The van der Waals surface area contributed by atoms with E-state index in [-0.39, 0.29) is 20.3 Å². The van der Waals surface area contributed by atoms with Crippen LogP contribution in [0.5, 0.6) is 0 Å². The second-order valence-corrected chi connectivity index (χ2v) is 5.59. The first kappa shape index (κ1) is 16.4. The molecule has 2 rings (SSSR count). The van der Waals surface area contributed by atoms with E-state index in [1.165, 1.54) is 0 Å². The van der Waals surface area contributed by atoms with Gasteiger partial charge in [0.2, 0.25) is 0 Å². The van der Waals surface area contributed by atoms with Crippen molar-refractivity contribution in [3.63, 3.8) is 0 Å². The summed E-state index contributed by atoms with van der Waals surface area (Å²) in [5.41, 5.74) is 3.49. The van der Waals surface area contributed by atoms with Gasteiger partial charge in [-0.25, -0.2) is 0 Å². The molecule has 1 aromatic rings. The number of allylic oxidation sites excluding steroid dienone is 3. The number of ketones is 2. The van der Waals surface area contributed by atoms with Crippen molar-refractivity contribution in [3.05, 3.63) is 53.6 Å². The molecule has 3 heteroatoms. The lowest BCUT2D eigenvalue weighted by atomic mass is 9.78. The summed E-state index contributed by atoms with van der Waals surface area (Å²) in [6.07, 6.45) is 3.36. The number of methoxy groups -OCH3 is 1. The Morgan fingerprint density at radius 2 is 2.23 bits per heavy atom. The van der Waals surface area contributed by atoms with Crippen LogP contribution >= 0.6 is 0 Å². The summed E-state index contributed by atoms with van der Waals surface area (Å²) in [5, 5.41) is 0. The summed E-state index contributed by atoms with van der Waals surface area (Å²) >= 11 is 0. The topological polar surface area (TPSA) is 43.4 Å². The Morgan fingerprint density at radius 3 is 2.91 bits per heavy atom. The van der Waals surface area contributed by atoms with Gasteiger partial charge in [0, 0.05) is 40.9 Å². The van der Waals surface area contributed by atoms with Crippen molar-refractivity contribution in [2.45, 2.75) is 26.2 Å². The van der Waals surface area contributed by atoms with Gasteiger partial charge in [0.05, 0.1) is 0 Å². The molecule has 0 heterocycles. The normalized spacial score (nSPS) is 18.3. The molecule has 0 amide bonds. The smallest absolute Gasteiger partial charge is 0.162 e. The molecule has 0 fully saturated rings. The van der Waals surface area contributed by atoms with Crippen LogP contribution in [0.3, 0.4) is 0 Å². The maximum atomic E-state index is 11.9. The van der Waals surface area contributed by atoms with Gasteiger partial charge in [-0.3, -0.25) is 9.59 Å². The molecule has 22 heavy (non-hydrogen) atoms. The van der Waals surface area contributed by atoms with Gasteiger partial charge in [0.25, 0.3) is 0 Å². The van der Waals surface area contributed by atoms with Crippen molar-refractivity contribution in [1.82, 2.24) is 0 Å². The lowest BCUT2D eigenvalue weighted by Crippen LogP contribution is -2.18. The third kappa shape index (κ3) is 3.60. The monoisotopic (exact) mass is 302 g/mol. The van der Waals surface area contributed by atoms with Gasteiger partial charge in [-0.1, -0.05) is 37.3 Å². The average molecular weight is 302 g/mol. The molecule has 0 aliphatic heterocycles. The van der Waals surface area contributed by atoms with E-state index in [0.29, 0.717) is 25.0 Å². The fourth-order valence-corrected chi connectivity index (χ4v) is 2.85. The summed E-state index contributed by atoms with van der Waals surface area (Å²) in [5.74, 6) is 0.280. The average Bonchev–Trinajstić information content (AvgIpc) is 2.52. The molecule has 120 valence electrons. The fraction of sp³-hybridized carbons (Fsp3) is 0.368. The van der Waals surface area contributed by atoms with E-state index in [0.717, 1.165) is 23.1 Å². The molecule has 0 bridgehead atoms. The highest BCUT2D eigenvalue weighted by molar-refractivity contribution is 6.02. The van der Waals surface area contributed by atoms with Crippen molar-refractivity contribution in [2.24, 2.45) is 5.92 Å². The number of Topliss-reactive ketones (excluding diaryl/α,β-unsaturated/α-hetero) is 1. The van der Waals surface area contributed by atoms with E-state index in [9.17, 15) is 9.59 Å². The van der Waals surface area contributed by atoms with Gasteiger partial charge in [-0.05, 0) is 29.7 Å². The van der Waals surface area contributed by atoms with E-state index in [1.807, 2.05) is 31.2 Å². The summed E-state index contributed by atoms with van der Waals surface area (Å²) in [7, 11) is 1.67. The fourth-order valence-electron chi connectivity index (χ4n) is 2.85. The van der Waals surface area contributed by atoms with Gasteiger partial charge >= 0.3 is 0 Å². The van der Waals surface area contributed by atoms with Crippen LogP contribution in [-0.4, -0.2) is 25.3 Å². The molecule has 1 aliphatic rings. The maximum absolute atomic E-state index is 11.9. The van der Waals surface area contributed by atoms with Crippen molar-refractivity contribution in [1.29, 1.82) is 0 Å². The lowest BCUT2D eigenvalue weighted by Gasteiger charge is -2.26. The van der Waals surface area contributed by atoms with Crippen LogP contribution < -0.4 is 0 Å². The molecule has 0 N–H and O–H groups in total. The third-order valence-corrected chi connectivity index (χ3v) is 4.04. The minimum atomic E-state index is 0. The van der Waals surface area contributed by atoms with E-state index in [1.54, 1.807) is 13.2 Å². The predicted octanol–water partition coefficient (Wildman–Crippen LogP) is 4.34. The number of rotatable bonds is 6. The van der Waals surface area contributed by atoms with Crippen LogP contribution in [-0.2, 0) is 9.53 Å². The van der Waals surface area contributed by atoms with Gasteiger partial charge < -0.3 is 4.74 Å². The molecule has 0 saturated carbocycles. The first-order valence-electron chi connectivity index (χ1n) is 7.61. The Balaban J connectivity index is 0.00000264. The molecule has 1 atom stereocenters. The van der Waals surface area contributed by atoms with Gasteiger partial charge in [-0.15, -0.1) is 0 Å². The van der Waals surface area contributed by atoms with Crippen LogP contribution in [0.2, 0.25) is 0 Å². The largest absolute Gasteiger partial charge is 0.385 e. The molecule has 1 aromatic carbocycles. The molecule has 1 unspecified atom stereocenters. The minimum absolute atomic E-state index is 0. The highest BCUT2D eigenvalue weighted by atomic mass is 16.5. The number of carbonyl (C=O) groups is 2. The Kier molecular flexibility index (Phi) is 5.45. The van der Waals surface area contributed by atoms with Crippen LogP contribution in [0.25, 0.3) is 5.57 Å². The summed E-state index contributed by atoms with van der Waals surface area (Å²) in [6, 6.07) is 7.52. The Labute approximate surface area is 134 Å². The number of benzene rings is 1. The Hall–Kier alpha value is -2.00. The number of hydrogen-bond donors (Lipinski definition) is 0. The van der Waals surface area contributed by atoms with Crippen molar-refractivity contribution >= 4 is 17.1 Å². The highest BCUT2D eigenvalue weighted by Gasteiger charge is 2.26. The number of hydrogen-bond acceptors (Lipinski definition) is 3. The zero-order chi connectivity index (χ0) is 16.1. The standard InChI is InChI=1S/C19H22O3.2H2/c1-4-19(21)15-7-5-6-14(11-15)18-12-16(20)10-13(2)17(18)8-9-22-3;;/h5-7,11-12,17H,2,4,8-10H2,1,3H3;2*1H. The summed E-state index contributed by atoms with van der Waals surface area (Å²) in [4.78, 5) is 23.8. The zero-order valence-electron chi connectivity index (χ0n) is 13.2. The summed E-state index contributed by atoms with van der Waals surface area (Å²) in [6.45, 7) is 6.53. The molecule has 1 aliphatic carbocycles. The number of carbonyl (C=O) groups excluding carboxylic acids is 2. The van der Waals surface area contributed by atoms with Gasteiger partial charge in [0.1, 0.15) is 0 Å². The first-order chi connectivity index (χ1) is 10.6. The molecule has 0 spiro atoms. The lowest BCUT2D eigenvalue weighted by molar-refractivity contribution is -0.114. The molecular formula is C19H26O3. The minimum Gasteiger partial charge on any atom is -0.385 e. The van der Waals surface area contributed by atoms with E-state index < -0.39 is 0 Å². The molecule has 0 radical (unpaired) electrons.